The average Bonchev–Trinajstić information content (AvgIpc) is 1.61. The van der Waals surface area contributed by atoms with Crippen LogP contribution in [-0.2, 0) is 133 Å². The lowest BCUT2D eigenvalue weighted by atomic mass is 9.98. The number of hydrogen-bond acceptors (Lipinski definition) is 22. The van der Waals surface area contributed by atoms with Gasteiger partial charge in [-0.2, -0.15) is 0 Å². The normalized spacial score (nSPS) is 15.4. The van der Waals surface area contributed by atoms with Gasteiger partial charge in [0.1, 0.15) is 56.3 Å². The SMILES string of the molecule is N[C@@H](CCC1OCCO1)C(=O)O.O=C(N[C@@H](CCC1OCCO1)C(=O)O)OCC1c2ccccc2-c2ccccc21.O=C(O)[C@H](CCC1OCCO1)N(Cc1ccccc1)Cc1ccccc1.O=C(OCc1ccccc1)[C@H](CCC1OCCO1)N(Cc1ccccc1)Cc1ccccc1.O=CCC[C@@H](C(=O)OCc1ccccc1)N(Cc1ccccc1)Cc1ccccc1. The Morgan fingerprint density at radius 2 is 0.615 bits per heavy atom. The highest BCUT2D eigenvalue weighted by molar-refractivity contribution is 5.81. The molecule has 5 atom stereocenters. The highest BCUT2D eigenvalue weighted by Gasteiger charge is 2.35. The summed E-state index contributed by atoms with van der Waals surface area (Å²) in [5, 5.41) is 30.1. The second-order valence-electron chi connectivity index (χ2n) is 31.7. The van der Waals surface area contributed by atoms with E-state index in [1.807, 2.05) is 260 Å². The molecule has 686 valence electrons. The number of carboxylic acid groups (broad SMARTS) is 3. The third kappa shape index (κ3) is 33.8. The van der Waals surface area contributed by atoms with E-state index in [0.29, 0.717) is 150 Å². The Kier molecular flexibility index (Phi) is 41.8. The molecule has 4 heterocycles. The molecule has 6 N–H and O–H groups in total. The van der Waals surface area contributed by atoms with Crippen LogP contribution in [0.2, 0.25) is 0 Å². The van der Waals surface area contributed by atoms with E-state index in [9.17, 15) is 43.8 Å². The number of amides is 1. The quantitative estimate of drug-likeness (QED) is 0.0135. The Balaban J connectivity index is 0.000000161. The van der Waals surface area contributed by atoms with Crippen LogP contribution in [0.25, 0.3) is 11.1 Å². The van der Waals surface area contributed by atoms with Crippen molar-refractivity contribution in [2.75, 3.05) is 59.5 Å². The molecule has 0 spiro atoms. The van der Waals surface area contributed by atoms with Crippen LogP contribution in [0.4, 0.5) is 4.79 Å². The largest absolute Gasteiger partial charge is 0.480 e. The number of carbonyl (C=O) groups excluding carboxylic acids is 4. The molecular formula is C104H119N5O21. The highest BCUT2D eigenvalue weighted by Crippen LogP contribution is 2.45. The van der Waals surface area contributed by atoms with Crippen LogP contribution in [0.15, 0.2) is 291 Å². The van der Waals surface area contributed by atoms with E-state index in [0.717, 1.165) is 73.0 Å². The van der Waals surface area contributed by atoms with E-state index in [1.54, 1.807) is 0 Å². The standard InChI is InChI=1S/C28H31NO4.C26H27NO3.C22H23NO6.C21H25NO4.C7H13NO4/c30-28(33-22-25-14-8-3-9-15-25)26(16-17-27-31-18-19-32-27)29(20-23-10-4-1-5-11-23)21-24-12-6-2-7-13-24;28-18-10-17-25(26(29)30-21-24-15-8-3-9-16-24)27(19-22-11-4-1-5-12-22)20-23-13-6-2-7-14-23;24-21(25)19(9-10-20-27-11-12-28-20)23-22(26)29-13-18-16-7-3-1-5-14(16)15-6-2-4-8-17(15)18;23-21(24)19(11-12-20-25-13-14-26-20)22(15-17-7-3-1-4-8-17)16-18-9-5-2-6-10-18;8-5(7(9)10)1-2-6-11-3-4-12-6/h1-15,26-27H,16-22H2;1-9,11-16,18,25H,10,17,19-21H2;1-8,18-20H,9-13H2,(H,23,26)(H,24,25);1-10,19-20H,11-16H2,(H,23,24);5-6H,1-4,8H2,(H,9,10)/t26-;25-;2*19-;5-/m00000/s1. The van der Waals surface area contributed by atoms with Gasteiger partial charge in [0.05, 0.1) is 52.9 Å². The summed E-state index contributed by atoms with van der Waals surface area (Å²) >= 11 is 0. The molecule has 26 heteroatoms. The Labute approximate surface area is 760 Å². The summed E-state index contributed by atoms with van der Waals surface area (Å²) in [6.07, 6.45) is 3.47. The Hall–Kier alpha value is -12.0. The third-order valence-corrected chi connectivity index (χ3v) is 22.3. The first-order valence-electron chi connectivity index (χ1n) is 44.4. The van der Waals surface area contributed by atoms with E-state index < -0.39 is 60.5 Å². The van der Waals surface area contributed by atoms with Gasteiger partial charge in [-0.3, -0.25) is 33.9 Å². The second kappa shape index (κ2) is 55.1. The molecule has 5 aliphatic rings. The summed E-state index contributed by atoms with van der Waals surface area (Å²) in [7, 11) is 0. The van der Waals surface area contributed by atoms with E-state index >= 15 is 0 Å². The smallest absolute Gasteiger partial charge is 0.407 e. The molecule has 15 rings (SSSR count). The van der Waals surface area contributed by atoms with E-state index in [-0.39, 0.29) is 63.0 Å². The van der Waals surface area contributed by atoms with Gasteiger partial charge in [0.15, 0.2) is 25.2 Å². The van der Waals surface area contributed by atoms with Crippen molar-refractivity contribution in [1.82, 2.24) is 20.0 Å². The van der Waals surface area contributed by atoms with Crippen molar-refractivity contribution in [1.29, 1.82) is 0 Å². The highest BCUT2D eigenvalue weighted by atomic mass is 16.7. The van der Waals surface area contributed by atoms with Gasteiger partial charge in [-0.15, -0.1) is 0 Å². The van der Waals surface area contributed by atoms with E-state index in [4.69, 9.17) is 62.9 Å². The molecule has 1 aliphatic carbocycles. The van der Waals surface area contributed by atoms with Gasteiger partial charge in [-0.05, 0) is 98.9 Å². The number of nitrogens with two attached hydrogens (primary N) is 1. The average molecular weight is 1780 g/mol. The fourth-order valence-corrected chi connectivity index (χ4v) is 15.6. The molecule has 0 unspecified atom stereocenters. The number of aliphatic carboxylic acids is 3. The summed E-state index contributed by atoms with van der Waals surface area (Å²) in [6, 6.07) is 92.7. The van der Waals surface area contributed by atoms with Crippen molar-refractivity contribution in [2.45, 2.75) is 178 Å². The first-order chi connectivity index (χ1) is 63.6. The summed E-state index contributed by atoms with van der Waals surface area (Å²) in [5.74, 6) is -3.49. The molecule has 10 aromatic rings. The van der Waals surface area contributed by atoms with Gasteiger partial charge in [-0.1, -0.05) is 291 Å². The number of nitrogens with zero attached hydrogens (tertiary/aromatic N) is 3. The molecule has 1 amide bonds. The second-order valence-corrected chi connectivity index (χ2v) is 31.7. The minimum absolute atomic E-state index is 0.0725. The minimum Gasteiger partial charge on any atom is -0.480 e. The lowest BCUT2D eigenvalue weighted by Gasteiger charge is -2.31. The predicted octanol–water partition coefficient (Wildman–Crippen LogP) is 15.7. The first kappa shape index (κ1) is 98.6. The van der Waals surface area contributed by atoms with Gasteiger partial charge >= 0.3 is 35.9 Å². The molecule has 0 bridgehead atoms. The maximum Gasteiger partial charge on any atom is 0.407 e. The predicted molar refractivity (Wildman–Crippen MR) is 488 cm³/mol. The molecule has 130 heavy (non-hydrogen) atoms. The van der Waals surface area contributed by atoms with Crippen molar-refractivity contribution < 1.29 is 101 Å². The van der Waals surface area contributed by atoms with Crippen molar-refractivity contribution in [3.8, 4) is 11.1 Å². The number of aldehydes is 1. The van der Waals surface area contributed by atoms with Crippen LogP contribution in [0.5, 0.6) is 0 Å². The molecule has 0 saturated carbocycles. The summed E-state index contributed by atoms with van der Waals surface area (Å²) in [5.41, 5.74) is 18.4. The topological polar surface area (TPSA) is 329 Å². The van der Waals surface area contributed by atoms with Crippen LogP contribution >= 0.6 is 0 Å². The van der Waals surface area contributed by atoms with Gasteiger partial charge in [0, 0.05) is 77.3 Å². The van der Waals surface area contributed by atoms with Gasteiger partial charge in [-0.25, -0.2) is 9.59 Å². The Bertz CT molecular complexity index is 4770. The fourth-order valence-electron chi connectivity index (χ4n) is 15.6. The fraction of sp³-hybridized carbons (Fsp3) is 0.356. The van der Waals surface area contributed by atoms with Crippen LogP contribution in [0.3, 0.4) is 0 Å². The zero-order valence-corrected chi connectivity index (χ0v) is 73.3. The van der Waals surface area contributed by atoms with Crippen LogP contribution < -0.4 is 11.1 Å². The van der Waals surface area contributed by atoms with Gasteiger partial charge in [0.25, 0.3) is 0 Å². The first-order valence-corrected chi connectivity index (χ1v) is 44.4. The third-order valence-electron chi connectivity index (χ3n) is 22.3. The molecule has 0 aromatic heterocycles. The molecule has 4 saturated heterocycles. The number of rotatable bonds is 42. The summed E-state index contributed by atoms with van der Waals surface area (Å²) in [4.78, 5) is 89.9. The number of esters is 2. The number of carbonyl (C=O) groups is 7. The molecule has 26 nitrogen and oxygen atoms in total. The zero-order valence-electron chi connectivity index (χ0n) is 73.3. The Morgan fingerprint density at radius 1 is 0.338 bits per heavy atom. The van der Waals surface area contributed by atoms with Crippen LogP contribution in [0, 0.1) is 0 Å². The number of nitrogens with one attached hydrogen (secondary N) is 1. The van der Waals surface area contributed by atoms with Crippen LogP contribution in [-0.4, -0.2) is 187 Å². The minimum atomic E-state index is -1.11. The number of ether oxygens (including phenoxy) is 11. The van der Waals surface area contributed by atoms with Crippen molar-refractivity contribution in [3.05, 3.63) is 347 Å². The van der Waals surface area contributed by atoms with Crippen molar-refractivity contribution >= 4 is 42.2 Å². The maximum absolute atomic E-state index is 13.4. The maximum atomic E-state index is 13.4. The van der Waals surface area contributed by atoms with Gasteiger partial charge in [0.2, 0.25) is 0 Å². The van der Waals surface area contributed by atoms with E-state index in [1.165, 1.54) is 0 Å². The van der Waals surface area contributed by atoms with Crippen LogP contribution in [0.1, 0.15) is 126 Å². The van der Waals surface area contributed by atoms with Gasteiger partial charge < -0.3 is 83.3 Å². The molecular weight excluding hydrogens is 1660 g/mol. The molecule has 4 aliphatic heterocycles. The molecule has 0 radical (unpaired) electrons. The van der Waals surface area contributed by atoms with Crippen molar-refractivity contribution in [2.24, 2.45) is 5.73 Å². The van der Waals surface area contributed by atoms with Crippen molar-refractivity contribution in [3.63, 3.8) is 0 Å². The Morgan fingerprint density at radius 3 is 0.923 bits per heavy atom. The lowest BCUT2D eigenvalue weighted by Crippen LogP contribution is -2.42. The zero-order chi connectivity index (χ0) is 91.1. The number of benzene rings is 10. The number of fused-ring (bicyclic) bond motifs is 3. The molecule has 10 aromatic carbocycles. The lowest BCUT2D eigenvalue weighted by molar-refractivity contribution is -0.153. The summed E-state index contributed by atoms with van der Waals surface area (Å²) in [6.45, 7) is 8.83. The number of alkyl carbamates (subject to hydrolysis) is 1. The molecule has 4 fully saturated rings. The van der Waals surface area contributed by atoms with E-state index in [2.05, 4.69) is 51.5 Å². The number of carboxylic acids is 3. The number of hydrogen-bond donors (Lipinski definition) is 5. The summed E-state index contributed by atoms with van der Waals surface area (Å²) < 4.78 is 59.9. The monoisotopic (exact) mass is 1770 g/mol.